The van der Waals surface area contributed by atoms with Crippen molar-refractivity contribution in [3.8, 4) is 5.75 Å². The second kappa shape index (κ2) is 14.8. The van der Waals surface area contributed by atoms with Crippen LogP contribution in [0, 0.1) is 0 Å². The van der Waals surface area contributed by atoms with E-state index in [0.29, 0.717) is 5.02 Å². The Morgan fingerprint density at radius 3 is 2.05 bits per heavy atom. The minimum absolute atomic E-state index is 0.699. The first-order valence-corrected chi connectivity index (χ1v) is 16.2. The summed E-state index contributed by atoms with van der Waals surface area (Å²) in [4.78, 5) is 12.5. The van der Waals surface area contributed by atoms with Crippen molar-refractivity contribution in [1.82, 2.24) is 14.8 Å². The molecule has 0 atom stereocenters. The van der Waals surface area contributed by atoms with E-state index in [1.807, 2.05) is 24.3 Å². The van der Waals surface area contributed by atoms with E-state index in [-0.39, 0.29) is 0 Å². The molecule has 0 radical (unpaired) electrons. The maximum Gasteiger partial charge on any atom is 0.119 e. The van der Waals surface area contributed by atoms with E-state index in [0.717, 1.165) is 98.4 Å². The van der Waals surface area contributed by atoms with Crippen molar-refractivity contribution in [1.29, 1.82) is 0 Å². The van der Waals surface area contributed by atoms with Crippen molar-refractivity contribution < 1.29 is 4.74 Å². The molecule has 1 fully saturated rings. The number of aromatic nitrogens is 1. The van der Waals surface area contributed by atoms with Crippen LogP contribution in [0.15, 0.2) is 97.1 Å². The number of unbranched alkanes of at least 4 members (excludes halogenated alkanes) is 1. The number of ether oxygens (including phenoxy) is 1. The fourth-order valence-electron chi connectivity index (χ4n) is 6.20. The molecule has 7 heteroatoms. The fourth-order valence-corrected chi connectivity index (χ4v) is 6.37. The summed E-state index contributed by atoms with van der Waals surface area (Å²) < 4.78 is 5.51. The van der Waals surface area contributed by atoms with Gasteiger partial charge < -0.3 is 24.8 Å². The van der Waals surface area contributed by atoms with Gasteiger partial charge in [0, 0.05) is 66.4 Å². The number of anilines is 3. The van der Waals surface area contributed by atoms with E-state index >= 15 is 0 Å². The number of benzene rings is 4. The predicted octanol–water partition coefficient (Wildman–Crippen LogP) is 8.09. The summed E-state index contributed by atoms with van der Waals surface area (Å²) in [6.45, 7) is 8.80. The number of fused-ring (bicyclic) bond motifs is 2. The van der Waals surface area contributed by atoms with Crippen LogP contribution in [0.2, 0.25) is 5.02 Å². The van der Waals surface area contributed by atoms with Crippen molar-refractivity contribution >= 4 is 50.5 Å². The lowest BCUT2D eigenvalue weighted by Gasteiger charge is -2.35. The number of nitrogens with zero attached hydrogens (tertiary/aromatic N) is 4. The van der Waals surface area contributed by atoms with E-state index in [2.05, 4.69) is 92.8 Å². The molecule has 1 aliphatic rings. The Bertz CT molecular complexity index is 1600. The highest BCUT2D eigenvalue weighted by molar-refractivity contribution is 6.31. The lowest BCUT2D eigenvalue weighted by atomic mass is 10.1. The lowest BCUT2D eigenvalue weighted by Crippen LogP contribution is -2.47. The molecule has 0 aliphatic carbocycles. The zero-order valence-corrected chi connectivity index (χ0v) is 26.3. The van der Waals surface area contributed by atoms with Crippen LogP contribution >= 0.6 is 11.6 Å². The number of piperazine rings is 1. The average Bonchev–Trinajstić information content (AvgIpc) is 3.07. The lowest BCUT2D eigenvalue weighted by molar-refractivity contribution is 0.130. The molecule has 6 rings (SSSR count). The zero-order valence-electron chi connectivity index (χ0n) is 25.6. The molecule has 2 heterocycles. The van der Waals surface area contributed by atoms with Gasteiger partial charge in [-0.1, -0.05) is 48.0 Å². The van der Waals surface area contributed by atoms with Crippen LogP contribution in [-0.2, 0) is 0 Å². The van der Waals surface area contributed by atoms with Crippen LogP contribution in [0.1, 0.15) is 19.3 Å². The van der Waals surface area contributed by atoms with Crippen LogP contribution < -0.4 is 15.0 Å². The summed E-state index contributed by atoms with van der Waals surface area (Å²) >= 11 is 6.29. The number of hydrogen-bond donors (Lipinski definition) is 1. The zero-order chi connectivity index (χ0) is 30.1. The Morgan fingerprint density at radius 2 is 1.39 bits per heavy atom. The molecule has 228 valence electrons. The molecule has 0 amide bonds. The molecular weight excluding hydrogens is 566 g/mol. The molecule has 0 unspecified atom stereocenters. The molecular formula is C37H42ClN5O. The second-order valence-corrected chi connectivity index (χ2v) is 12.0. The highest BCUT2D eigenvalue weighted by Gasteiger charge is 2.17. The molecule has 4 aromatic carbocycles. The third kappa shape index (κ3) is 7.44. The van der Waals surface area contributed by atoms with Crippen molar-refractivity contribution in [3.63, 3.8) is 0 Å². The van der Waals surface area contributed by atoms with Gasteiger partial charge >= 0.3 is 0 Å². The molecule has 1 aromatic heterocycles. The molecule has 5 aromatic rings. The maximum atomic E-state index is 6.29. The van der Waals surface area contributed by atoms with Gasteiger partial charge in [-0.2, -0.15) is 0 Å². The molecule has 0 spiro atoms. The van der Waals surface area contributed by atoms with Crippen molar-refractivity contribution in [2.75, 3.05) is 69.7 Å². The molecule has 1 aliphatic heterocycles. The van der Waals surface area contributed by atoms with E-state index in [1.54, 1.807) is 7.11 Å². The summed E-state index contributed by atoms with van der Waals surface area (Å²) in [5, 5.41) is 6.59. The van der Waals surface area contributed by atoms with E-state index < -0.39 is 0 Å². The number of para-hydroxylation sites is 2. The van der Waals surface area contributed by atoms with Crippen LogP contribution in [0.25, 0.3) is 21.8 Å². The molecule has 0 bridgehead atoms. The first-order chi connectivity index (χ1) is 21.7. The number of hydrogen-bond acceptors (Lipinski definition) is 6. The van der Waals surface area contributed by atoms with Gasteiger partial charge in [-0.25, -0.2) is 4.98 Å². The Balaban J connectivity index is 0.955. The van der Waals surface area contributed by atoms with Gasteiger partial charge in [0.15, 0.2) is 0 Å². The van der Waals surface area contributed by atoms with Crippen LogP contribution in [0.5, 0.6) is 5.75 Å². The molecule has 0 saturated carbocycles. The third-order valence-electron chi connectivity index (χ3n) is 8.60. The Kier molecular flexibility index (Phi) is 10.1. The first-order valence-electron chi connectivity index (χ1n) is 15.8. The third-order valence-corrected chi connectivity index (χ3v) is 8.84. The summed E-state index contributed by atoms with van der Waals surface area (Å²) in [5.74, 6) is 0.833. The number of nitrogens with one attached hydrogen (secondary N) is 1. The number of halogens is 1. The summed E-state index contributed by atoms with van der Waals surface area (Å²) in [7, 11) is 1.70. The van der Waals surface area contributed by atoms with Gasteiger partial charge in [0.2, 0.25) is 0 Å². The number of pyridine rings is 1. The SMILES string of the molecule is COc1ccc2nc3cc(Cl)ccc3c(NCCCCN3CCN(CCCN(c4ccccc4)c4ccccc4)CC3)c2c1. The average molecular weight is 608 g/mol. The topological polar surface area (TPSA) is 43.9 Å². The summed E-state index contributed by atoms with van der Waals surface area (Å²) in [5.41, 5.74) is 5.46. The highest BCUT2D eigenvalue weighted by atomic mass is 35.5. The van der Waals surface area contributed by atoms with Gasteiger partial charge in [-0.05, 0) is 93.0 Å². The predicted molar refractivity (Wildman–Crippen MR) is 186 cm³/mol. The highest BCUT2D eigenvalue weighted by Crippen LogP contribution is 2.34. The monoisotopic (exact) mass is 607 g/mol. The second-order valence-electron chi connectivity index (χ2n) is 11.5. The molecule has 44 heavy (non-hydrogen) atoms. The standard InChI is InChI=1S/C37H42ClN5O/c1-44-32-16-18-35-34(28-32)37(33-17-15-29(38)27-36(33)40-35)39-19-8-9-20-41-23-25-42(26-24-41)21-10-22-43(30-11-4-2-5-12-30)31-13-6-3-7-14-31/h2-7,11-18,27-28H,8-10,19-26H2,1H3,(H,39,40). The van der Waals surface area contributed by atoms with Gasteiger partial charge in [0.25, 0.3) is 0 Å². The van der Waals surface area contributed by atoms with Gasteiger partial charge in [-0.3, -0.25) is 0 Å². The van der Waals surface area contributed by atoms with E-state index in [1.165, 1.54) is 17.8 Å². The van der Waals surface area contributed by atoms with Crippen LogP contribution in [0.3, 0.4) is 0 Å². The summed E-state index contributed by atoms with van der Waals surface area (Å²) in [6.07, 6.45) is 3.43. The number of methoxy groups -OCH3 is 1. The van der Waals surface area contributed by atoms with Gasteiger partial charge in [0.05, 0.1) is 23.8 Å². The first kappa shape index (κ1) is 30.2. The van der Waals surface area contributed by atoms with Crippen molar-refractivity contribution in [2.45, 2.75) is 19.3 Å². The Hall–Kier alpha value is -3.84. The molecule has 6 nitrogen and oxygen atoms in total. The van der Waals surface area contributed by atoms with E-state index in [4.69, 9.17) is 21.3 Å². The van der Waals surface area contributed by atoms with Gasteiger partial charge in [-0.15, -0.1) is 0 Å². The van der Waals surface area contributed by atoms with Crippen LogP contribution in [0.4, 0.5) is 17.1 Å². The van der Waals surface area contributed by atoms with Crippen LogP contribution in [-0.4, -0.2) is 74.3 Å². The molecule has 1 saturated heterocycles. The van der Waals surface area contributed by atoms with E-state index in [9.17, 15) is 0 Å². The minimum atomic E-state index is 0.699. The largest absolute Gasteiger partial charge is 0.497 e. The molecule has 1 N–H and O–H groups in total. The maximum absolute atomic E-state index is 6.29. The fraction of sp³-hybridized carbons (Fsp3) is 0.324. The Labute approximate surface area is 266 Å². The minimum Gasteiger partial charge on any atom is -0.497 e. The quantitative estimate of drug-likeness (QED) is 0.108. The van der Waals surface area contributed by atoms with Crippen molar-refractivity contribution in [2.24, 2.45) is 0 Å². The van der Waals surface area contributed by atoms with Crippen molar-refractivity contribution in [3.05, 3.63) is 102 Å². The Morgan fingerprint density at radius 1 is 0.727 bits per heavy atom. The van der Waals surface area contributed by atoms with Gasteiger partial charge in [0.1, 0.15) is 5.75 Å². The normalized spacial score (nSPS) is 14.2. The number of rotatable bonds is 13. The smallest absolute Gasteiger partial charge is 0.119 e. The summed E-state index contributed by atoms with van der Waals surface area (Å²) in [6, 6.07) is 33.5.